The van der Waals surface area contributed by atoms with Crippen molar-refractivity contribution >= 4 is 33.7 Å². The van der Waals surface area contributed by atoms with E-state index in [4.69, 9.17) is 0 Å². The first-order valence-electron chi connectivity index (χ1n) is 11.6. The molecule has 2 saturated heterocycles. The van der Waals surface area contributed by atoms with E-state index in [1.165, 1.54) is 34.3 Å². The van der Waals surface area contributed by atoms with Gasteiger partial charge in [0.05, 0.1) is 4.90 Å². The van der Waals surface area contributed by atoms with Crippen molar-refractivity contribution in [1.82, 2.24) is 19.4 Å². The molecular formula is C23H30N4O6S. The molecule has 3 aliphatic rings. The van der Waals surface area contributed by atoms with Crippen LogP contribution in [0.2, 0.25) is 0 Å². The number of ketones is 1. The Morgan fingerprint density at radius 1 is 1.12 bits per heavy atom. The van der Waals surface area contributed by atoms with Crippen molar-refractivity contribution in [3.8, 4) is 0 Å². The Hall–Kier alpha value is -2.79. The van der Waals surface area contributed by atoms with Crippen LogP contribution in [-0.2, 0) is 19.6 Å². The third-order valence-corrected chi connectivity index (χ3v) is 9.16. The van der Waals surface area contributed by atoms with E-state index in [1.807, 2.05) is 6.92 Å². The zero-order chi connectivity index (χ0) is 24.7. The third kappa shape index (κ3) is 4.22. The fourth-order valence-corrected chi connectivity index (χ4v) is 6.55. The second-order valence-corrected chi connectivity index (χ2v) is 11.2. The lowest BCUT2D eigenvalue weighted by molar-refractivity contribution is -0.141. The molecule has 11 heteroatoms. The van der Waals surface area contributed by atoms with Gasteiger partial charge in [0.15, 0.2) is 5.78 Å². The van der Waals surface area contributed by atoms with Crippen LogP contribution in [0.3, 0.4) is 0 Å². The molecule has 2 unspecified atom stereocenters. The van der Waals surface area contributed by atoms with Crippen LogP contribution in [0, 0.1) is 5.92 Å². The minimum atomic E-state index is -3.82. The zero-order valence-corrected chi connectivity index (χ0v) is 20.3. The van der Waals surface area contributed by atoms with Crippen molar-refractivity contribution in [2.45, 2.75) is 50.0 Å². The van der Waals surface area contributed by atoms with E-state index < -0.39 is 21.6 Å². The maximum Gasteiger partial charge on any atom is 0.325 e. The standard InChI is InChI=1S/C23H30N4O6S/c1-16-6-3-4-9-23(16)21(30)27(22(31)24-23)15-20(29)25-10-12-26(13-11-25)34(32,33)19-8-5-7-18(14-19)17(2)28/h5,7-8,14,16H,3-4,6,9-13,15H2,1-2H3,(H,24,31). The first-order chi connectivity index (χ1) is 16.1. The lowest BCUT2D eigenvalue weighted by Crippen LogP contribution is -2.55. The predicted molar refractivity (Wildman–Crippen MR) is 122 cm³/mol. The Kier molecular flexibility index (Phi) is 6.52. The van der Waals surface area contributed by atoms with Gasteiger partial charge in [0, 0.05) is 31.7 Å². The number of amides is 4. The van der Waals surface area contributed by atoms with Crippen LogP contribution in [0.4, 0.5) is 4.79 Å². The summed E-state index contributed by atoms with van der Waals surface area (Å²) < 4.78 is 27.3. The van der Waals surface area contributed by atoms with Crippen molar-refractivity contribution in [3.63, 3.8) is 0 Å². The van der Waals surface area contributed by atoms with Gasteiger partial charge in [0.25, 0.3) is 5.91 Å². The van der Waals surface area contributed by atoms with Crippen molar-refractivity contribution in [1.29, 1.82) is 0 Å². The summed E-state index contributed by atoms with van der Waals surface area (Å²) >= 11 is 0. The number of sulfonamides is 1. The Bertz CT molecular complexity index is 1130. The van der Waals surface area contributed by atoms with Crippen molar-refractivity contribution in [3.05, 3.63) is 29.8 Å². The fourth-order valence-electron chi connectivity index (χ4n) is 5.08. The maximum absolute atomic E-state index is 13.1. The number of hydrogen-bond donors (Lipinski definition) is 1. The van der Waals surface area contributed by atoms with Gasteiger partial charge in [0.2, 0.25) is 15.9 Å². The van der Waals surface area contributed by atoms with Crippen LogP contribution in [-0.4, -0.2) is 84.4 Å². The van der Waals surface area contributed by atoms with Gasteiger partial charge in [-0.15, -0.1) is 0 Å². The normalized spacial score (nSPS) is 26.1. The molecule has 1 spiro atoms. The maximum atomic E-state index is 13.1. The van der Waals surface area contributed by atoms with Crippen LogP contribution in [0.25, 0.3) is 0 Å². The van der Waals surface area contributed by atoms with Crippen LogP contribution in [0.15, 0.2) is 29.2 Å². The number of urea groups is 1. The topological polar surface area (TPSA) is 124 Å². The number of carbonyl (C=O) groups excluding carboxylic acids is 4. The molecule has 0 radical (unpaired) electrons. The molecule has 34 heavy (non-hydrogen) atoms. The molecule has 4 rings (SSSR count). The SMILES string of the molecule is CC(=O)c1cccc(S(=O)(=O)N2CCN(C(=O)CN3C(=O)NC4(CCCCC4C)C3=O)CC2)c1. The molecule has 0 bridgehead atoms. The number of nitrogens with one attached hydrogen (secondary N) is 1. The minimum absolute atomic E-state index is 0.00746. The van der Waals surface area contributed by atoms with E-state index in [1.54, 1.807) is 6.07 Å². The average Bonchev–Trinajstić information content (AvgIpc) is 3.06. The highest BCUT2D eigenvalue weighted by molar-refractivity contribution is 7.89. The van der Waals surface area contributed by atoms with Gasteiger partial charge in [-0.25, -0.2) is 13.2 Å². The Morgan fingerprint density at radius 3 is 2.47 bits per heavy atom. The summed E-state index contributed by atoms with van der Waals surface area (Å²) in [5.74, 6) is -0.949. The molecule has 0 aromatic heterocycles. The molecule has 1 aliphatic carbocycles. The van der Waals surface area contributed by atoms with E-state index in [9.17, 15) is 27.6 Å². The molecule has 2 atom stereocenters. The van der Waals surface area contributed by atoms with Crippen LogP contribution in [0.5, 0.6) is 0 Å². The first kappa shape index (κ1) is 24.3. The molecule has 2 aliphatic heterocycles. The summed E-state index contributed by atoms with van der Waals surface area (Å²) in [6, 6.07) is 5.35. The van der Waals surface area contributed by atoms with Crippen molar-refractivity contribution in [2.24, 2.45) is 5.92 Å². The number of rotatable bonds is 5. The molecule has 1 aromatic rings. The fraction of sp³-hybridized carbons (Fsp3) is 0.565. The highest BCUT2D eigenvalue weighted by Crippen LogP contribution is 2.38. The third-order valence-electron chi connectivity index (χ3n) is 7.26. The van der Waals surface area contributed by atoms with Gasteiger partial charge in [-0.2, -0.15) is 4.31 Å². The number of imide groups is 1. The lowest BCUT2D eigenvalue weighted by Gasteiger charge is -2.37. The van der Waals surface area contributed by atoms with Gasteiger partial charge in [-0.05, 0) is 37.8 Å². The highest BCUT2D eigenvalue weighted by atomic mass is 32.2. The van der Waals surface area contributed by atoms with Crippen molar-refractivity contribution in [2.75, 3.05) is 32.7 Å². The molecule has 184 valence electrons. The van der Waals surface area contributed by atoms with Gasteiger partial charge in [-0.3, -0.25) is 19.3 Å². The second kappa shape index (κ2) is 9.10. The smallest absolute Gasteiger partial charge is 0.325 e. The number of benzene rings is 1. The molecule has 1 saturated carbocycles. The monoisotopic (exact) mass is 490 g/mol. The average molecular weight is 491 g/mol. The summed E-state index contributed by atoms with van der Waals surface area (Å²) in [6.45, 7) is 3.43. The van der Waals surface area contributed by atoms with Crippen LogP contribution >= 0.6 is 0 Å². The van der Waals surface area contributed by atoms with Gasteiger partial charge >= 0.3 is 6.03 Å². The Labute approximate surface area is 199 Å². The van der Waals surface area contributed by atoms with E-state index in [2.05, 4.69) is 5.32 Å². The molecule has 3 fully saturated rings. The highest BCUT2D eigenvalue weighted by Gasteiger charge is 2.55. The summed E-state index contributed by atoms with van der Waals surface area (Å²) in [6.07, 6.45) is 3.28. The molecule has 2 heterocycles. The minimum Gasteiger partial charge on any atom is -0.338 e. The summed E-state index contributed by atoms with van der Waals surface area (Å²) in [4.78, 5) is 52.7. The van der Waals surface area contributed by atoms with Crippen LogP contribution < -0.4 is 5.32 Å². The van der Waals surface area contributed by atoms with Crippen molar-refractivity contribution < 1.29 is 27.6 Å². The summed E-state index contributed by atoms with van der Waals surface area (Å²) in [7, 11) is -3.82. The van der Waals surface area contributed by atoms with E-state index >= 15 is 0 Å². The number of nitrogens with zero attached hydrogens (tertiary/aromatic N) is 3. The molecule has 1 N–H and O–H groups in total. The zero-order valence-electron chi connectivity index (χ0n) is 19.5. The number of Topliss-reactive ketones (excluding diaryl/α,β-unsaturated/α-hetero) is 1. The quantitative estimate of drug-likeness (QED) is 0.489. The molecule has 10 nitrogen and oxygen atoms in total. The molecule has 4 amide bonds. The lowest BCUT2D eigenvalue weighted by atomic mass is 9.73. The van der Waals surface area contributed by atoms with Crippen LogP contribution in [0.1, 0.15) is 49.9 Å². The largest absolute Gasteiger partial charge is 0.338 e. The number of piperazine rings is 1. The van der Waals surface area contributed by atoms with Gasteiger partial charge < -0.3 is 10.2 Å². The molecular weight excluding hydrogens is 460 g/mol. The predicted octanol–water partition coefficient (Wildman–Crippen LogP) is 1.22. The second-order valence-electron chi connectivity index (χ2n) is 9.31. The van der Waals surface area contributed by atoms with E-state index in [0.29, 0.717) is 12.0 Å². The Balaban J connectivity index is 1.38. The van der Waals surface area contributed by atoms with Gasteiger partial charge in [0.1, 0.15) is 12.1 Å². The van der Waals surface area contributed by atoms with E-state index in [-0.39, 0.29) is 61.1 Å². The Morgan fingerprint density at radius 2 is 1.82 bits per heavy atom. The van der Waals surface area contributed by atoms with Gasteiger partial charge in [-0.1, -0.05) is 31.9 Å². The number of carbonyl (C=O) groups is 4. The number of hydrogen-bond acceptors (Lipinski definition) is 6. The van der Waals surface area contributed by atoms with E-state index in [0.717, 1.165) is 24.2 Å². The first-order valence-corrected chi connectivity index (χ1v) is 13.0. The molecule has 1 aromatic carbocycles. The summed E-state index contributed by atoms with van der Waals surface area (Å²) in [5, 5.41) is 2.84. The summed E-state index contributed by atoms with van der Waals surface area (Å²) in [5.41, 5.74) is -0.606.